The van der Waals surface area contributed by atoms with Crippen LogP contribution in [0.5, 0.6) is 0 Å². The normalized spacial score (nSPS) is 10.7. The maximum Gasteiger partial charge on any atom is 0.241 e. The van der Waals surface area contributed by atoms with Crippen molar-refractivity contribution in [2.45, 2.75) is 20.0 Å². The fourth-order valence-corrected chi connectivity index (χ4v) is 1.85. The first-order chi connectivity index (χ1) is 9.04. The molecule has 0 bridgehead atoms. The van der Waals surface area contributed by atoms with E-state index in [2.05, 4.69) is 15.5 Å². The fraction of sp³-hybridized carbons (Fsp3) is 0.364. The lowest BCUT2D eigenvalue weighted by molar-refractivity contribution is -0.121. The summed E-state index contributed by atoms with van der Waals surface area (Å²) in [5.74, 6) is -0.127. The van der Waals surface area contributed by atoms with E-state index in [1.807, 2.05) is 0 Å². The van der Waals surface area contributed by atoms with E-state index in [9.17, 15) is 4.79 Å². The molecule has 2 rings (SSSR count). The molecular weight excluding hydrogens is 289 g/mol. The summed E-state index contributed by atoms with van der Waals surface area (Å²) in [4.78, 5) is 11.7. The van der Waals surface area contributed by atoms with Crippen molar-refractivity contribution in [3.63, 3.8) is 0 Å². The Labute approximate surface area is 120 Å². The second-order valence-corrected chi connectivity index (χ2v) is 4.88. The predicted molar refractivity (Wildman–Crippen MR) is 72.2 cm³/mol. The number of hydrogen-bond donors (Lipinski definition) is 1. The minimum atomic E-state index is -0.127. The Morgan fingerprint density at radius 2 is 2.16 bits per heavy atom. The number of aryl methyl sites for hydroxylation is 1. The van der Waals surface area contributed by atoms with Crippen molar-refractivity contribution >= 4 is 29.1 Å². The molecule has 0 atom stereocenters. The smallest absolute Gasteiger partial charge is 0.241 e. The number of hydrogen-bond acceptors (Lipinski definition) is 3. The Balaban J connectivity index is 1.75. The van der Waals surface area contributed by atoms with Crippen LogP contribution in [0.15, 0.2) is 18.6 Å². The number of halogens is 2. The third kappa shape index (κ3) is 3.97. The number of nitrogens with zero attached hydrogens (tertiary/aromatic N) is 4. The molecule has 0 aliphatic carbocycles. The van der Waals surface area contributed by atoms with Gasteiger partial charge in [-0.25, -0.2) is 0 Å². The number of aromatic nitrogens is 4. The zero-order chi connectivity index (χ0) is 13.8. The molecule has 1 N–H and O–H groups in total. The average molecular weight is 302 g/mol. The summed E-state index contributed by atoms with van der Waals surface area (Å²) in [5.41, 5.74) is 0.709. The zero-order valence-corrected chi connectivity index (χ0v) is 11.8. The summed E-state index contributed by atoms with van der Waals surface area (Å²) in [6, 6.07) is 0. The van der Waals surface area contributed by atoms with Crippen LogP contribution in [0.2, 0.25) is 10.0 Å². The van der Waals surface area contributed by atoms with Gasteiger partial charge in [0, 0.05) is 18.9 Å². The van der Waals surface area contributed by atoms with Crippen LogP contribution in [0.4, 0.5) is 0 Å². The monoisotopic (exact) mass is 301 g/mol. The zero-order valence-electron chi connectivity index (χ0n) is 10.3. The van der Waals surface area contributed by atoms with E-state index in [0.717, 1.165) is 0 Å². The molecule has 102 valence electrons. The van der Waals surface area contributed by atoms with Crippen LogP contribution in [0.3, 0.4) is 0 Å². The quantitative estimate of drug-likeness (QED) is 0.910. The van der Waals surface area contributed by atoms with Gasteiger partial charge in [-0.15, -0.1) is 0 Å². The molecule has 0 spiro atoms. The summed E-state index contributed by atoms with van der Waals surface area (Å²) in [5, 5.41) is 12.0. The van der Waals surface area contributed by atoms with Crippen molar-refractivity contribution in [1.29, 1.82) is 0 Å². The van der Waals surface area contributed by atoms with Gasteiger partial charge in [-0.05, 0) is 6.92 Å². The Hall–Kier alpha value is -1.53. The average Bonchev–Trinajstić information content (AvgIpc) is 2.86. The molecule has 2 aromatic rings. The van der Waals surface area contributed by atoms with E-state index in [1.165, 1.54) is 4.68 Å². The van der Waals surface area contributed by atoms with E-state index in [0.29, 0.717) is 28.8 Å². The predicted octanol–water partition coefficient (Wildman–Crippen LogP) is 1.51. The maximum atomic E-state index is 11.7. The molecular formula is C11H13Cl2N5O. The molecule has 0 aromatic carbocycles. The SMILES string of the molecule is Cc1nn(CC(=O)NCCn2cc(Cl)cn2)cc1Cl. The van der Waals surface area contributed by atoms with Crippen LogP contribution in [0.25, 0.3) is 0 Å². The highest BCUT2D eigenvalue weighted by atomic mass is 35.5. The molecule has 2 aromatic heterocycles. The minimum Gasteiger partial charge on any atom is -0.353 e. The number of nitrogens with one attached hydrogen (secondary N) is 1. The van der Waals surface area contributed by atoms with Gasteiger partial charge in [0.1, 0.15) is 6.54 Å². The van der Waals surface area contributed by atoms with Crippen LogP contribution >= 0.6 is 23.2 Å². The van der Waals surface area contributed by atoms with Crippen LogP contribution in [0.1, 0.15) is 5.69 Å². The van der Waals surface area contributed by atoms with Crippen molar-refractivity contribution in [2.24, 2.45) is 0 Å². The molecule has 0 saturated heterocycles. The lowest BCUT2D eigenvalue weighted by Gasteiger charge is -2.05. The first kappa shape index (κ1) is 13.9. The maximum absolute atomic E-state index is 11.7. The molecule has 6 nitrogen and oxygen atoms in total. The van der Waals surface area contributed by atoms with Crippen LogP contribution < -0.4 is 5.32 Å². The molecule has 0 saturated carbocycles. The van der Waals surface area contributed by atoms with Crippen molar-refractivity contribution in [2.75, 3.05) is 6.54 Å². The Morgan fingerprint density at radius 1 is 1.37 bits per heavy atom. The molecule has 0 radical (unpaired) electrons. The second kappa shape index (κ2) is 6.08. The van der Waals surface area contributed by atoms with Gasteiger partial charge in [-0.3, -0.25) is 14.2 Å². The van der Waals surface area contributed by atoms with Gasteiger partial charge in [0.2, 0.25) is 5.91 Å². The van der Waals surface area contributed by atoms with Crippen molar-refractivity contribution in [1.82, 2.24) is 24.9 Å². The van der Waals surface area contributed by atoms with Crippen molar-refractivity contribution in [3.05, 3.63) is 34.3 Å². The molecule has 8 heteroatoms. The molecule has 1 amide bonds. The van der Waals surface area contributed by atoms with Gasteiger partial charge in [0.05, 0.1) is 28.5 Å². The van der Waals surface area contributed by atoms with E-state index >= 15 is 0 Å². The third-order valence-electron chi connectivity index (χ3n) is 2.46. The minimum absolute atomic E-state index is 0.127. The molecule has 19 heavy (non-hydrogen) atoms. The molecule has 0 unspecified atom stereocenters. The first-order valence-corrected chi connectivity index (χ1v) is 6.44. The lowest BCUT2D eigenvalue weighted by Crippen LogP contribution is -2.30. The topological polar surface area (TPSA) is 64.7 Å². The van der Waals surface area contributed by atoms with Gasteiger partial charge in [0.15, 0.2) is 0 Å². The Kier molecular flexibility index (Phi) is 4.44. The van der Waals surface area contributed by atoms with Crippen molar-refractivity contribution in [3.8, 4) is 0 Å². The molecule has 0 aliphatic rings. The van der Waals surface area contributed by atoms with Gasteiger partial charge in [-0.1, -0.05) is 23.2 Å². The summed E-state index contributed by atoms with van der Waals surface area (Å²) in [6.07, 6.45) is 4.88. The lowest BCUT2D eigenvalue weighted by atomic mass is 10.5. The summed E-state index contributed by atoms with van der Waals surface area (Å²) >= 11 is 11.6. The highest BCUT2D eigenvalue weighted by Crippen LogP contribution is 2.11. The fourth-order valence-electron chi connectivity index (χ4n) is 1.55. The number of carbonyl (C=O) groups is 1. The summed E-state index contributed by atoms with van der Waals surface area (Å²) in [7, 11) is 0. The van der Waals surface area contributed by atoms with E-state index in [1.54, 1.807) is 30.2 Å². The molecule has 2 heterocycles. The second-order valence-electron chi connectivity index (χ2n) is 4.03. The van der Waals surface area contributed by atoms with E-state index in [4.69, 9.17) is 23.2 Å². The third-order valence-corrected chi connectivity index (χ3v) is 3.02. The highest BCUT2D eigenvalue weighted by molar-refractivity contribution is 6.31. The largest absolute Gasteiger partial charge is 0.353 e. The standard InChI is InChI=1S/C11H13Cl2N5O/c1-8-10(13)6-18(16-8)7-11(19)14-2-3-17-5-9(12)4-15-17/h4-6H,2-3,7H2,1H3,(H,14,19). The molecule has 0 fully saturated rings. The van der Waals surface area contributed by atoms with Crippen LogP contribution in [0, 0.1) is 6.92 Å². The number of carbonyl (C=O) groups excluding carboxylic acids is 1. The Morgan fingerprint density at radius 3 is 2.74 bits per heavy atom. The Bertz CT molecular complexity index is 558. The van der Waals surface area contributed by atoms with E-state index in [-0.39, 0.29) is 12.5 Å². The van der Waals surface area contributed by atoms with Gasteiger partial charge >= 0.3 is 0 Å². The van der Waals surface area contributed by atoms with Crippen LogP contribution in [-0.2, 0) is 17.9 Å². The number of amides is 1. The first-order valence-electron chi connectivity index (χ1n) is 5.69. The van der Waals surface area contributed by atoms with Crippen LogP contribution in [-0.4, -0.2) is 32.0 Å². The molecule has 0 aliphatic heterocycles. The van der Waals surface area contributed by atoms with E-state index < -0.39 is 0 Å². The summed E-state index contributed by atoms with van der Waals surface area (Å²) < 4.78 is 3.18. The summed E-state index contributed by atoms with van der Waals surface area (Å²) in [6.45, 7) is 2.98. The number of rotatable bonds is 5. The van der Waals surface area contributed by atoms with Crippen molar-refractivity contribution < 1.29 is 4.79 Å². The van der Waals surface area contributed by atoms with Gasteiger partial charge in [-0.2, -0.15) is 10.2 Å². The highest BCUT2D eigenvalue weighted by Gasteiger charge is 2.06. The van der Waals surface area contributed by atoms with Gasteiger partial charge < -0.3 is 5.32 Å². The van der Waals surface area contributed by atoms with Gasteiger partial charge in [0.25, 0.3) is 0 Å².